The van der Waals surface area contributed by atoms with Crippen molar-refractivity contribution in [2.75, 3.05) is 19.1 Å². The SMILES string of the molecule is COc1cccc(N(C)c2nc(C(C)(C)C)c(C=O)s2)c1. The quantitative estimate of drug-likeness (QED) is 0.800. The Kier molecular flexibility index (Phi) is 4.32. The molecule has 0 aliphatic rings. The van der Waals surface area contributed by atoms with Crippen molar-refractivity contribution in [1.82, 2.24) is 4.98 Å². The number of carbonyl (C=O) groups is 1. The Hall–Kier alpha value is -1.88. The third-order valence-corrected chi connectivity index (χ3v) is 4.24. The molecule has 0 aliphatic carbocycles. The number of hydrogen-bond acceptors (Lipinski definition) is 5. The first kappa shape index (κ1) is 15.5. The first-order valence-corrected chi connectivity index (χ1v) is 7.52. The van der Waals surface area contributed by atoms with E-state index >= 15 is 0 Å². The van der Waals surface area contributed by atoms with Crippen LogP contribution in [0.1, 0.15) is 36.1 Å². The zero-order valence-corrected chi connectivity index (χ0v) is 13.8. The summed E-state index contributed by atoms with van der Waals surface area (Å²) in [5.74, 6) is 0.794. The van der Waals surface area contributed by atoms with Gasteiger partial charge in [0.05, 0.1) is 17.7 Å². The standard InChI is InChI=1S/C16H20N2O2S/c1-16(2,3)14-13(10-19)21-15(17-14)18(4)11-7-6-8-12(9-11)20-5/h6-10H,1-5H3. The lowest BCUT2D eigenvalue weighted by atomic mass is 9.91. The summed E-state index contributed by atoms with van der Waals surface area (Å²) in [5, 5.41) is 0.801. The first-order valence-electron chi connectivity index (χ1n) is 6.71. The Bertz CT molecular complexity index is 644. The summed E-state index contributed by atoms with van der Waals surface area (Å²) in [7, 11) is 3.58. The second-order valence-corrected chi connectivity index (χ2v) is 6.85. The average molecular weight is 304 g/mol. The van der Waals surface area contributed by atoms with Crippen molar-refractivity contribution in [1.29, 1.82) is 0 Å². The van der Waals surface area contributed by atoms with Crippen molar-refractivity contribution < 1.29 is 9.53 Å². The minimum absolute atomic E-state index is 0.153. The molecule has 0 radical (unpaired) electrons. The largest absolute Gasteiger partial charge is 0.497 e. The maximum absolute atomic E-state index is 11.3. The van der Waals surface area contributed by atoms with Gasteiger partial charge in [-0.1, -0.05) is 38.2 Å². The third kappa shape index (κ3) is 3.24. The fraction of sp³-hybridized carbons (Fsp3) is 0.375. The van der Waals surface area contributed by atoms with Gasteiger partial charge in [-0.2, -0.15) is 0 Å². The van der Waals surface area contributed by atoms with Crippen molar-refractivity contribution in [3.05, 3.63) is 34.8 Å². The maximum Gasteiger partial charge on any atom is 0.190 e. The summed E-state index contributed by atoms with van der Waals surface area (Å²) in [5.41, 5.74) is 1.66. The number of aromatic nitrogens is 1. The van der Waals surface area contributed by atoms with E-state index in [1.807, 2.05) is 36.2 Å². The van der Waals surface area contributed by atoms with Crippen LogP contribution in [0.15, 0.2) is 24.3 Å². The highest BCUT2D eigenvalue weighted by Crippen LogP contribution is 2.35. The molecule has 0 fully saturated rings. The molecule has 2 aromatic rings. The fourth-order valence-electron chi connectivity index (χ4n) is 2.01. The molecule has 0 aliphatic heterocycles. The number of thiazole rings is 1. The summed E-state index contributed by atoms with van der Waals surface area (Å²) >= 11 is 1.41. The molecule has 0 atom stereocenters. The Morgan fingerprint density at radius 3 is 2.57 bits per heavy atom. The van der Waals surface area contributed by atoms with Crippen LogP contribution < -0.4 is 9.64 Å². The van der Waals surface area contributed by atoms with E-state index in [1.165, 1.54) is 11.3 Å². The van der Waals surface area contributed by atoms with Crippen molar-refractivity contribution in [2.45, 2.75) is 26.2 Å². The Balaban J connectivity index is 2.41. The number of nitrogens with zero attached hydrogens (tertiary/aromatic N) is 2. The summed E-state index contributed by atoms with van der Waals surface area (Å²) in [4.78, 5) is 18.6. The highest BCUT2D eigenvalue weighted by molar-refractivity contribution is 7.17. The molecule has 112 valence electrons. The van der Waals surface area contributed by atoms with Crippen LogP contribution in [-0.4, -0.2) is 25.4 Å². The van der Waals surface area contributed by atoms with Crippen molar-refractivity contribution in [3.63, 3.8) is 0 Å². The van der Waals surface area contributed by atoms with Crippen LogP contribution in [0.3, 0.4) is 0 Å². The number of carbonyl (C=O) groups excluding carboxylic acids is 1. The van der Waals surface area contributed by atoms with Gasteiger partial charge in [-0.3, -0.25) is 4.79 Å². The van der Waals surface area contributed by atoms with E-state index in [2.05, 4.69) is 25.8 Å². The molecule has 21 heavy (non-hydrogen) atoms. The molecule has 1 heterocycles. The van der Waals surface area contributed by atoms with E-state index < -0.39 is 0 Å². The molecule has 0 amide bonds. The van der Waals surface area contributed by atoms with Crippen LogP contribution in [0.4, 0.5) is 10.8 Å². The van der Waals surface area contributed by atoms with Crippen molar-refractivity contribution >= 4 is 28.4 Å². The van der Waals surface area contributed by atoms with Gasteiger partial charge in [-0.25, -0.2) is 4.98 Å². The van der Waals surface area contributed by atoms with Gasteiger partial charge in [0, 0.05) is 24.2 Å². The van der Waals surface area contributed by atoms with Crippen LogP contribution in [0.2, 0.25) is 0 Å². The van der Waals surface area contributed by atoms with Gasteiger partial charge < -0.3 is 9.64 Å². The van der Waals surface area contributed by atoms with Crippen molar-refractivity contribution in [3.8, 4) is 5.75 Å². The van der Waals surface area contributed by atoms with E-state index in [9.17, 15) is 4.79 Å². The van der Waals surface area contributed by atoms with Gasteiger partial charge in [0.2, 0.25) is 0 Å². The van der Waals surface area contributed by atoms with Gasteiger partial charge in [-0.15, -0.1) is 0 Å². The summed E-state index contributed by atoms with van der Waals surface area (Å²) < 4.78 is 5.25. The molecule has 5 heteroatoms. The molecule has 0 saturated carbocycles. The van der Waals surface area contributed by atoms with Gasteiger partial charge >= 0.3 is 0 Å². The number of benzene rings is 1. The maximum atomic E-state index is 11.3. The molecule has 0 N–H and O–H groups in total. The molecule has 0 saturated heterocycles. The number of methoxy groups -OCH3 is 1. The predicted octanol–water partition coefficient (Wildman–Crippen LogP) is 4.03. The zero-order valence-electron chi connectivity index (χ0n) is 13.0. The molecule has 4 nitrogen and oxygen atoms in total. The minimum atomic E-state index is -0.153. The number of aldehydes is 1. The molecular formula is C16H20N2O2S. The predicted molar refractivity (Wildman–Crippen MR) is 87.3 cm³/mol. The van der Waals surface area contributed by atoms with Crippen LogP contribution in [0.25, 0.3) is 0 Å². The summed E-state index contributed by atoms with van der Waals surface area (Å²) in [6.45, 7) is 6.18. The third-order valence-electron chi connectivity index (χ3n) is 3.19. The van der Waals surface area contributed by atoms with Gasteiger partial charge in [0.25, 0.3) is 0 Å². The lowest BCUT2D eigenvalue weighted by Crippen LogP contribution is -2.15. The average Bonchev–Trinajstić information content (AvgIpc) is 2.91. The van der Waals surface area contributed by atoms with E-state index in [1.54, 1.807) is 7.11 Å². The number of hydrogen-bond donors (Lipinski definition) is 0. The van der Waals surface area contributed by atoms with Crippen molar-refractivity contribution in [2.24, 2.45) is 0 Å². The van der Waals surface area contributed by atoms with E-state index in [0.717, 1.165) is 28.5 Å². The molecule has 1 aromatic carbocycles. The number of ether oxygens (including phenoxy) is 1. The Morgan fingerprint density at radius 1 is 1.33 bits per heavy atom. The second kappa shape index (κ2) is 5.85. The smallest absolute Gasteiger partial charge is 0.190 e. The van der Waals surface area contributed by atoms with Crippen LogP contribution in [0, 0.1) is 0 Å². The lowest BCUT2D eigenvalue weighted by Gasteiger charge is -2.18. The molecule has 0 spiro atoms. The lowest BCUT2D eigenvalue weighted by molar-refractivity contribution is 0.112. The van der Waals surface area contributed by atoms with Gasteiger partial charge in [0.1, 0.15) is 5.75 Å². The van der Waals surface area contributed by atoms with Crippen LogP contribution in [0.5, 0.6) is 5.75 Å². The Labute approximate surface area is 129 Å². The fourth-order valence-corrected chi connectivity index (χ4v) is 3.08. The first-order chi connectivity index (χ1) is 9.86. The zero-order chi connectivity index (χ0) is 15.6. The molecule has 1 aromatic heterocycles. The molecular weight excluding hydrogens is 284 g/mol. The van der Waals surface area contributed by atoms with E-state index in [4.69, 9.17) is 4.74 Å². The number of anilines is 2. The minimum Gasteiger partial charge on any atom is -0.497 e. The van der Waals surface area contributed by atoms with Crippen LogP contribution in [-0.2, 0) is 5.41 Å². The van der Waals surface area contributed by atoms with E-state index in [0.29, 0.717) is 4.88 Å². The highest BCUT2D eigenvalue weighted by atomic mass is 32.1. The molecule has 0 unspecified atom stereocenters. The van der Waals surface area contributed by atoms with E-state index in [-0.39, 0.29) is 5.41 Å². The second-order valence-electron chi connectivity index (χ2n) is 5.84. The van der Waals surface area contributed by atoms with Crippen LogP contribution >= 0.6 is 11.3 Å². The van der Waals surface area contributed by atoms with Gasteiger partial charge in [-0.05, 0) is 12.1 Å². The Morgan fingerprint density at radius 2 is 2.05 bits per heavy atom. The van der Waals surface area contributed by atoms with Gasteiger partial charge in [0.15, 0.2) is 11.4 Å². The summed E-state index contributed by atoms with van der Waals surface area (Å²) in [6, 6.07) is 7.76. The summed E-state index contributed by atoms with van der Waals surface area (Å²) in [6.07, 6.45) is 0.890. The number of rotatable bonds is 4. The highest BCUT2D eigenvalue weighted by Gasteiger charge is 2.24. The monoisotopic (exact) mass is 304 g/mol. The topological polar surface area (TPSA) is 42.4 Å². The normalized spacial score (nSPS) is 11.3. The molecule has 2 rings (SSSR count). The molecule has 0 bridgehead atoms.